The van der Waals surface area contributed by atoms with E-state index in [1.807, 2.05) is 12.1 Å². The first kappa shape index (κ1) is 20.3. The predicted molar refractivity (Wildman–Crippen MR) is 118 cm³/mol. The number of nitrogens with one attached hydrogen (secondary N) is 2. The van der Waals surface area contributed by atoms with Gasteiger partial charge in [-0.3, -0.25) is 14.6 Å². The first-order chi connectivity index (χ1) is 16.2. The highest BCUT2D eigenvalue weighted by atomic mass is 16.7. The van der Waals surface area contributed by atoms with Crippen LogP contribution in [-0.2, 0) is 6.54 Å². The topological polar surface area (TPSA) is 116 Å². The van der Waals surface area contributed by atoms with Crippen LogP contribution in [0.4, 0.5) is 5.69 Å². The van der Waals surface area contributed by atoms with Gasteiger partial charge < -0.3 is 24.6 Å². The number of rotatable bonds is 6. The van der Waals surface area contributed by atoms with Crippen LogP contribution in [0.3, 0.4) is 0 Å². The molecule has 4 aromatic rings. The molecule has 2 aromatic carbocycles. The number of nitrogens with zero attached hydrogens (tertiary/aromatic N) is 2. The van der Waals surface area contributed by atoms with Crippen molar-refractivity contribution >= 4 is 17.5 Å². The van der Waals surface area contributed by atoms with Gasteiger partial charge in [0.15, 0.2) is 23.0 Å². The van der Waals surface area contributed by atoms with Gasteiger partial charge in [0.1, 0.15) is 0 Å². The molecule has 2 aromatic heterocycles. The molecule has 0 unspecified atom stereocenters. The SMILES string of the molecule is O=C(Nc1ccccc1C(=O)NCc1ccc2c(c1)OCO2)c1cc(-c2cccnc2)on1. The Hall–Kier alpha value is -4.66. The molecular formula is C24H18N4O5. The molecule has 3 heterocycles. The minimum Gasteiger partial charge on any atom is -0.454 e. The zero-order chi connectivity index (χ0) is 22.6. The highest BCUT2D eigenvalue weighted by Crippen LogP contribution is 2.32. The normalized spacial score (nSPS) is 11.8. The number of carbonyl (C=O) groups excluding carboxylic acids is 2. The molecule has 2 amide bonds. The summed E-state index contributed by atoms with van der Waals surface area (Å²) in [5, 5.41) is 9.42. The van der Waals surface area contributed by atoms with E-state index < -0.39 is 5.91 Å². The third-order valence-electron chi connectivity index (χ3n) is 5.00. The molecule has 9 nitrogen and oxygen atoms in total. The molecule has 0 aliphatic carbocycles. The number of para-hydroxylation sites is 1. The van der Waals surface area contributed by atoms with Gasteiger partial charge in [-0.2, -0.15) is 0 Å². The highest BCUT2D eigenvalue weighted by molar-refractivity contribution is 6.08. The van der Waals surface area contributed by atoms with E-state index in [9.17, 15) is 9.59 Å². The molecule has 5 rings (SSSR count). The predicted octanol–water partition coefficient (Wildman–Crippen LogP) is 3.65. The van der Waals surface area contributed by atoms with Crippen molar-refractivity contribution in [3.05, 3.63) is 89.9 Å². The Morgan fingerprint density at radius 3 is 2.70 bits per heavy atom. The number of hydrogen-bond donors (Lipinski definition) is 2. The Kier molecular flexibility index (Phi) is 5.42. The third kappa shape index (κ3) is 4.38. The Morgan fingerprint density at radius 1 is 0.939 bits per heavy atom. The van der Waals surface area contributed by atoms with Crippen molar-refractivity contribution in [1.82, 2.24) is 15.5 Å². The van der Waals surface area contributed by atoms with Crippen LogP contribution in [0.5, 0.6) is 11.5 Å². The van der Waals surface area contributed by atoms with E-state index in [4.69, 9.17) is 14.0 Å². The van der Waals surface area contributed by atoms with Crippen LogP contribution in [0.1, 0.15) is 26.4 Å². The molecule has 2 N–H and O–H groups in total. The fourth-order valence-electron chi connectivity index (χ4n) is 3.33. The summed E-state index contributed by atoms with van der Waals surface area (Å²) in [5.74, 6) is 0.915. The molecule has 0 saturated heterocycles. The summed E-state index contributed by atoms with van der Waals surface area (Å²) in [6.07, 6.45) is 3.25. The zero-order valence-corrected chi connectivity index (χ0v) is 17.3. The maximum Gasteiger partial charge on any atom is 0.277 e. The van der Waals surface area contributed by atoms with Crippen molar-refractivity contribution in [1.29, 1.82) is 0 Å². The Balaban J connectivity index is 1.27. The molecule has 0 radical (unpaired) electrons. The van der Waals surface area contributed by atoms with Gasteiger partial charge in [0.2, 0.25) is 6.79 Å². The van der Waals surface area contributed by atoms with E-state index in [1.165, 1.54) is 6.07 Å². The maximum atomic E-state index is 12.8. The van der Waals surface area contributed by atoms with Crippen LogP contribution in [0.25, 0.3) is 11.3 Å². The second-order valence-electron chi connectivity index (χ2n) is 7.19. The second kappa shape index (κ2) is 8.83. The lowest BCUT2D eigenvalue weighted by Gasteiger charge is -2.11. The summed E-state index contributed by atoms with van der Waals surface area (Å²) in [6, 6.07) is 17.3. The molecule has 9 heteroatoms. The van der Waals surface area contributed by atoms with Crippen LogP contribution in [0.15, 0.2) is 77.6 Å². The molecule has 0 saturated carbocycles. The summed E-state index contributed by atoms with van der Waals surface area (Å²) >= 11 is 0. The van der Waals surface area contributed by atoms with Crippen LogP contribution >= 0.6 is 0 Å². The van der Waals surface area contributed by atoms with Gasteiger partial charge in [0, 0.05) is 30.6 Å². The number of amides is 2. The Bertz CT molecular complexity index is 1320. The highest BCUT2D eigenvalue weighted by Gasteiger charge is 2.18. The van der Waals surface area contributed by atoms with E-state index in [-0.39, 0.29) is 24.9 Å². The molecule has 0 fully saturated rings. The largest absolute Gasteiger partial charge is 0.454 e. The average Bonchev–Trinajstić information content (AvgIpc) is 3.53. The molecular weight excluding hydrogens is 424 g/mol. The molecule has 33 heavy (non-hydrogen) atoms. The molecule has 1 aliphatic heterocycles. The van der Waals surface area contributed by atoms with Crippen LogP contribution in [-0.4, -0.2) is 28.7 Å². The van der Waals surface area contributed by atoms with Gasteiger partial charge in [0.05, 0.1) is 11.3 Å². The van der Waals surface area contributed by atoms with Crippen molar-refractivity contribution in [2.75, 3.05) is 12.1 Å². The summed E-state index contributed by atoms with van der Waals surface area (Å²) in [7, 11) is 0. The van der Waals surface area contributed by atoms with E-state index in [1.54, 1.807) is 54.9 Å². The lowest BCUT2D eigenvalue weighted by molar-refractivity contribution is 0.0951. The summed E-state index contributed by atoms with van der Waals surface area (Å²) < 4.78 is 15.9. The summed E-state index contributed by atoms with van der Waals surface area (Å²) in [6.45, 7) is 0.475. The Labute approximate surface area is 188 Å². The summed E-state index contributed by atoms with van der Waals surface area (Å²) in [4.78, 5) is 29.6. The zero-order valence-electron chi connectivity index (χ0n) is 17.3. The quantitative estimate of drug-likeness (QED) is 0.468. The molecule has 0 spiro atoms. The fraction of sp³-hybridized carbons (Fsp3) is 0.0833. The number of aromatic nitrogens is 2. The number of benzene rings is 2. The van der Waals surface area contributed by atoms with Crippen molar-refractivity contribution < 1.29 is 23.6 Å². The first-order valence-electron chi connectivity index (χ1n) is 10.1. The van der Waals surface area contributed by atoms with Gasteiger partial charge in [-0.25, -0.2) is 0 Å². The number of pyridine rings is 1. The van der Waals surface area contributed by atoms with Crippen molar-refractivity contribution in [3.8, 4) is 22.8 Å². The van der Waals surface area contributed by atoms with Gasteiger partial charge in [-0.15, -0.1) is 0 Å². The number of anilines is 1. The van der Waals surface area contributed by atoms with Crippen molar-refractivity contribution in [2.24, 2.45) is 0 Å². The minimum absolute atomic E-state index is 0.0874. The van der Waals surface area contributed by atoms with Crippen molar-refractivity contribution in [2.45, 2.75) is 6.54 Å². The fourth-order valence-corrected chi connectivity index (χ4v) is 3.33. The lowest BCUT2D eigenvalue weighted by atomic mass is 10.1. The second-order valence-corrected chi connectivity index (χ2v) is 7.19. The molecule has 164 valence electrons. The maximum absolute atomic E-state index is 12.8. The lowest BCUT2D eigenvalue weighted by Crippen LogP contribution is -2.25. The minimum atomic E-state index is -0.495. The van der Waals surface area contributed by atoms with Gasteiger partial charge in [-0.1, -0.05) is 23.4 Å². The van der Waals surface area contributed by atoms with Gasteiger partial charge in [0.25, 0.3) is 11.8 Å². The van der Waals surface area contributed by atoms with Crippen LogP contribution in [0, 0.1) is 0 Å². The molecule has 0 atom stereocenters. The number of hydrogen-bond acceptors (Lipinski definition) is 7. The smallest absolute Gasteiger partial charge is 0.277 e. The number of carbonyl (C=O) groups is 2. The summed E-state index contributed by atoms with van der Waals surface area (Å²) in [5.41, 5.74) is 2.33. The van der Waals surface area contributed by atoms with Crippen LogP contribution < -0.4 is 20.1 Å². The van der Waals surface area contributed by atoms with E-state index in [0.29, 0.717) is 34.1 Å². The van der Waals surface area contributed by atoms with Gasteiger partial charge in [-0.05, 0) is 42.0 Å². The number of ether oxygens (including phenoxy) is 2. The first-order valence-corrected chi connectivity index (χ1v) is 10.1. The third-order valence-corrected chi connectivity index (χ3v) is 5.00. The number of fused-ring (bicyclic) bond motifs is 1. The monoisotopic (exact) mass is 442 g/mol. The van der Waals surface area contributed by atoms with E-state index in [0.717, 1.165) is 5.56 Å². The standard InChI is InChI=1S/C24H18N4O5/c29-23(26-12-15-7-8-20-22(10-15)32-14-31-20)17-5-1-2-6-18(17)27-24(30)19-11-21(33-28-19)16-4-3-9-25-13-16/h1-11,13H,12,14H2,(H,26,29)(H,27,30). The molecule has 1 aliphatic rings. The molecule has 0 bridgehead atoms. The van der Waals surface area contributed by atoms with Crippen molar-refractivity contribution in [3.63, 3.8) is 0 Å². The van der Waals surface area contributed by atoms with Crippen LogP contribution in [0.2, 0.25) is 0 Å². The van der Waals surface area contributed by atoms with Gasteiger partial charge >= 0.3 is 0 Å². The van der Waals surface area contributed by atoms with E-state index in [2.05, 4.69) is 20.8 Å². The van der Waals surface area contributed by atoms with E-state index >= 15 is 0 Å². The Morgan fingerprint density at radius 2 is 1.82 bits per heavy atom. The average molecular weight is 442 g/mol.